The fourth-order valence-corrected chi connectivity index (χ4v) is 6.47. The molecule has 0 amide bonds. The number of rotatable bonds is 10. The molecule has 0 saturated carbocycles. The maximum atomic E-state index is 12.2. The minimum absolute atomic E-state index is 0.106. The SMILES string of the molecule is CCOC(=O)CN(C)C/C=C1\CN(C(c2ccccc2)(c2ccccc2)c2ccccc2)CCC1SC(C)=O. The van der Waals surface area contributed by atoms with Gasteiger partial charge in [0.1, 0.15) is 0 Å². The highest BCUT2D eigenvalue weighted by molar-refractivity contribution is 8.14. The molecule has 1 fully saturated rings. The van der Waals surface area contributed by atoms with Gasteiger partial charge in [-0.1, -0.05) is 109 Å². The standard InChI is InChI=1S/C33H38N2O3S/c1-4-38-32(37)25-34(3)22-20-27-24-35(23-21-31(27)39-26(2)36)33(28-14-8-5-9-15-28,29-16-10-6-11-17-29)30-18-12-7-13-19-30/h5-20,31H,4,21-25H2,1-3H3/b27-20+. The summed E-state index contributed by atoms with van der Waals surface area (Å²) in [4.78, 5) is 28.7. The van der Waals surface area contributed by atoms with Crippen LogP contribution in [-0.4, -0.2) is 66.0 Å². The Balaban J connectivity index is 1.78. The van der Waals surface area contributed by atoms with Crippen molar-refractivity contribution < 1.29 is 14.3 Å². The van der Waals surface area contributed by atoms with E-state index in [1.807, 2.05) is 18.9 Å². The lowest BCUT2D eigenvalue weighted by molar-refractivity contribution is -0.143. The van der Waals surface area contributed by atoms with Crippen LogP contribution in [0.2, 0.25) is 0 Å². The van der Waals surface area contributed by atoms with E-state index in [2.05, 4.69) is 102 Å². The maximum Gasteiger partial charge on any atom is 0.320 e. The zero-order valence-corrected chi connectivity index (χ0v) is 23.9. The fourth-order valence-electron chi connectivity index (χ4n) is 5.53. The molecule has 1 aliphatic rings. The van der Waals surface area contributed by atoms with Gasteiger partial charge in [-0.25, -0.2) is 0 Å². The molecular formula is C33H38N2O3S. The number of piperidine rings is 1. The molecular weight excluding hydrogens is 504 g/mol. The van der Waals surface area contributed by atoms with Gasteiger partial charge in [-0.15, -0.1) is 0 Å². The van der Waals surface area contributed by atoms with Crippen LogP contribution in [0.15, 0.2) is 103 Å². The van der Waals surface area contributed by atoms with Gasteiger partial charge in [0.2, 0.25) is 0 Å². The third-order valence-electron chi connectivity index (χ3n) is 7.17. The second kappa shape index (κ2) is 13.7. The van der Waals surface area contributed by atoms with Crippen molar-refractivity contribution in [3.63, 3.8) is 0 Å². The maximum absolute atomic E-state index is 12.2. The minimum atomic E-state index is -0.508. The number of esters is 1. The molecule has 0 radical (unpaired) electrons. The zero-order valence-electron chi connectivity index (χ0n) is 23.1. The average Bonchev–Trinajstić information content (AvgIpc) is 2.95. The van der Waals surface area contributed by atoms with E-state index in [1.54, 1.807) is 6.92 Å². The molecule has 0 bridgehead atoms. The lowest BCUT2D eigenvalue weighted by Gasteiger charge is -2.49. The molecule has 0 aromatic heterocycles. The van der Waals surface area contributed by atoms with Crippen molar-refractivity contribution in [2.24, 2.45) is 0 Å². The lowest BCUT2D eigenvalue weighted by atomic mass is 9.74. The van der Waals surface area contributed by atoms with Crippen LogP contribution in [0.5, 0.6) is 0 Å². The summed E-state index contributed by atoms with van der Waals surface area (Å²) >= 11 is 1.41. The second-order valence-electron chi connectivity index (χ2n) is 9.90. The van der Waals surface area contributed by atoms with Gasteiger partial charge in [-0.2, -0.15) is 0 Å². The minimum Gasteiger partial charge on any atom is -0.465 e. The molecule has 3 aromatic carbocycles. The number of likely N-dealkylation sites (N-methyl/N-ethyl adjacent to an activating group) is 1. The molecule has 0 aliphatic carbocycles. The summed E-state index contributed by atoms with van der Waals surface area (Å²) in [5.74, 6) is -0.227. The molecule has 204 valence electrons. The Hall–Kier alpha value is -3.19. The van der Waals surface area contributed by atoms with E-state index in [9.17, 15) is 9.59 Å². The van der Waals surface area contributed by atoms with E-state index in [0.717, 1.165) is 13.0 Å². The summed E-state index contributed by atoms with van der Waals surface area (Å²) in [6.45, 7) is 6.21. The quantitative estimate of drug-likeness (QED) is 0.185. The Morgan fingerprint density at radius 2 is 1.46 bits per heavy atom. The molecule has 4 rings (SSSR count). The van der Waals surface area contributed by atoms with Crippen molar-refractivity contribution in [1.82, 2.24) is 9.80 Å². The molecule has 6 heteroatoms. The first kappa shape index (κ1) is 28.8. The number of hydrogen-bond acceptors (Lipinski definition) is 6. The van der Waals surface area contributed by atoms with Crippen LogP contribution in [0.4, 0.5) is 0 Å². The van der Waals surface area contributed by atoms with Gasteiger partial charge in [-0.3, -0.25) is 19.4 Å². The Morgan fingerprint density at radius 1 is 0.949 bits per heavy atom. The normalized spacial score (nSPS) is 17.3. The first-order valence-electron chi connectivity index (χ1n) is 13.6. The summed E-state index contributed by atoms with van der Waals surface area (Å²) in [6.07, 6.45) is 3.06. The van der Waals surface area contributed by atoms with E-state index in [-0.39, 0.29) is 22.9 Å². The number of ether oxygens (including phenoxy) is 1. The molecule has 1 heterocycles. The molecule has 5 nitrogen and oxygen atoms in total. The van der Waals surface area contributed by atoms with Crippen LogP contribution in [0.25, 0.3) is 0 Å². The van der Waals surface area contributed by atoms with Gasteiger partial charge in [-0.05, 0) is 42.7 Å². The van der Waals surface area contributed by atoms with Gasteiger partial charge in [0.25, 0.3) is 0 Å². The molecule has 1 unspecified atom stereocenters. The molecule has 0 spiro atoms. The number of likely N-dealkylation sites (tertiary alicyclic amines) is 1. The molecule has 1 saturated heterocycles. The van der Waals surface area contributed by atoms with E-state index >= 15 is 0 Å². The van der Waals surface area contributed by atoms with Gasteiger partial charge in [0.05, 0.1) is 18.7 Å². The second-order valence-corrected chi connectivity index (χ2v) is 11.3. The zero-order chi connectivity index (χ0) is 27.7. The largest absolute Gasteiger partial charge is 0.465 e. The molecule has 39 heavy (non-hydrogen) atoms. The van der Waals surface area contributed by atoms with Crippen LogP contribution >= 0.6 is 11.8 Å². The first-order chi connectivity index (χ1) is 18.9. The average molecular weight is 543 g/mol. The third kappa shape index (κ3) is 6.88. The fraction of sp³-hybridized carbons (Fsp3) is 0.333. The smallest absolute Gasteiger partial charge is 0.320 e. The van der Waals surface area contributed by atoms with E-state index < -0.39 is 5.54 Å². The van der Waals surface area contributed by atoms with E-state index in [4.69, 9.17) is 4.74 Å². The molecule has 0 N–H and O–H groups in total. The lowest BCUT2D eigenvalue weighted by Crippen LogP contribution is -2.52. The van der Waals surface area contributed by atoms with Crippen molar-refractivity contribution in [2.45, 2.75) is 31.1 Å². The highest BCUT2D eigenvalue weighted by atomic mass is 32.2. The van der Waals surface area contributed by atoms with Crippen molar-refractivity contribution >= 4 is 22.8 Å². The first-order valence-corrected chi connectivity index (χ1v) is 14.4. The summed E-state index contributed by atoms with van der Waals surface area (Å²) in [6, 6.07) is 32.1. The highest BCUT2D eigenvalue weighted by Crippen LogP contribution is 2.45. The van der Waals surface area contributed by atoms with Crippen molar-refractivity contribution in [1.29, 1.82) is 0 Å². The summed E-state index contributed by atoms with van der Waals surface area (Å²) < 4.78 is 5.13. The Labute approximate surface area is 236 Å². The number of carbonyl (C=O) groups is 2. The summed E-state index contributed by atoms with van der Waals surface area (Å²) in [5, 5.41) is 0.231. The van der Waals surface area contributed by atoms with Gasteiger partial charge in [0, 0.05) is 31.8 Å². The van der Waals surface area contributed by atoms with Gasteiger partial charge >= 0.3 is 5.97 Å². The Kier molecular flexibility index (Phi) is 10.2. The van der Waals surface area contributed by atoms with Crippen molar-refractivity contribution in [3.05, 3.63) is 119 Å². The van der Waals surface area contributed by atoms with E-state index in [0.29, 0.717) is 19.7 Å². The highest BCUT2D eigenvalue weighted by Gasteiger charge is 2.44. The van der Waals surface area contributed by atoms with Crippen molar-refractivity contribution in [2.75, 3.05) is 39.8 Å². The Morgan fingerprint density at radius 3 is 1.92 bits per heavy atom. The molecule has 1 atom stereocenters. The third-order valence-corrected chi connectivity index (χ3v) is 8.33. The topological polar surface area (TPSA) is 49.9 Å². The van der Waals surface area contributed by atoms with Crippen LogP contribution in [0, 0.1) is 0 Å². The van der Waals surface area contributed by atoms with Gasteiger partial charge in [0.15, 0.2) is 5.12 Å². The van der Waals surface area contributed by atoms with Crippen LogP contribution in [0.3, 0.4) is 0 Å². The molecule has 3 aromatic rings. The predicted octanol–water partition coefficient (Wildman–Crippen LogP) is 5.75. The monoisotopic (exact) mass is 542 g/mol. The summed E-state index contributed by atoms with van der Waals surface area (Å²) in [7, 11) is 1.92. The van der Waals surface area contributed by atoms with Crippen LogP contribution < -0.4 is 0 Å². The Bertz CT molecular complexity index is 1150. The van der Waals surface area contributed by atoms with E-state index in [1.165, 1.54) is 34.0 Å². The number of thioether (sulfide) groups is 1. The number of hydrogen-bond donors (Lipinski definition) is 0. The van der Waals surface area contributed by atoms with Crippen molar-refractivity contribution in [3.8, 4) is 0 Å². The summed E-state index contributed by atoms with van der Waals surface area (Å²) in [5.41, 5.74) is 4.33. The van der Waals surface area contributed by atoms with Crippen LogP contribution in [0.1, 0.15) is 37.0 Å². The predicted molar refractivity (Wildman–Crippen MR) is 160 cm³/mol. The number of carbonyl (C=O) groups excluding carboxylic acids is 2. The number of nitrogens with zero attached hydrogens (tertiary/aromatic N) is 2. The number of benzene rings is 3. The molecule has 1 aliphatic heterocycles. The van der Waals surface area contributed by atoms with Gasteiger partial charge < -0.3 is 4.74 Å². The van der Waals surface area contributed by atoms with Crippen LogP contribution in [-0.2, 0) is 19.9 Å².